The molecular formula is C15H26. The Hall–Kier alpha value is -0.520. The lowest BCUT2D eigenvalue weighted by Gasteiger charge is -2.27. The zero-order chi connectivity index (χ0) is 11.1. The monoisotopic (exact) mass is 206 g/mol. The summed E-state index contributed by atoms with van der Waals surface area (Å²) in [4.78, 5) is 0. The Balaban J connectivity index is 2.18. The van der Waals surface area contributed by atoms with E-state index in [2.05, 4.69) is 39.0 Å². The lowest BCUT2D eigenvalue weighted by molar-refractivity contribution is 0.370. The lowest BCUT2D eigenvalue weighted by Crippen LogP contribution is -2.14. The summed E-state index contributed by atoms with van der Waals surface area (Å²) < 4.78 is 0. The van der Waals surface area contributed by atoms with Crippen LogP contribution in [0.4, 0.5) is 0 Å². The Morgan fingerprint density at radius 1 is 1.20 bits per heavy atom. The summed E-state index contributed by atoms with van der Waals surface area (Å²) in [5.41, 5.74) is 1.88. The van der Waals surface area contributed by atoms with Gasteiger partial charge in [-0.25, -0.2) is 0 Å². The van der Waals surface area contributed by atoms with Crippen LogP contribution in [0.15, 0.2) is 23.8 Å². The van der Waals surface area contributed by atoms with E-state index in [4.69, 9.17) is 0 Å². The Bertz CT molecular complexity index is 234. The molecule has 1 rings (SSSR count). The molecule has 0 nitrogen and oxygen atoms in total. The maximum atomic E-state index is 2.42. The number of rotatable bonds is 6. The third kappa shape index (κ3) is 4.68. The summed E-state index contributed by atoms with van der Waals surface area (Å²) in [5, 5.41) is 0. The van der Waals surface area contributed by atoms with Crippen molar-refractivity contribution in [3.8, 4) is 0 Å². The fraction of sp³-hybridized carbons (Fsp3) is 0.733. The minimum atomic E-state index is 0.450. The first-order valence-electron chi connectivity index (χ1n) is 6.52. The quantitative estimate of drug-likeness (QED) is 0.520. The summed E-state index contributed by atoms with van der Waals surface area (Å²) in [6.07, 6.45) is 16.7. The van der Waals surface area contributed by atoms with Gasteiger partial charge in [-0.2, -0.15) is 0 Å². The highest BCUT2D eigenvalue weighted by Gasteiger charge is 2.20. The summed E-state index contributed by atoms with van der Waals surface area (Å²) in [6.45, 7) is 6.86. The van der Waals surface area contributed by atoms with E-state index in [-0.39, 0.29) is 0 Å². The van der Waals surface area contributed by atoms with Crippen molar-refractivity contribution in [2.75, 3.05) is 0 Å². The van der Waals surface area contributed by atoms with E-state index in [0.717, 1.165) is 0 Å². The molecule has 0 aliphatic heterocycles. The highest BCUT2D eigenvalue weighted by molar-refractivity contribution is 5.24. The average molecular weight is 206 g/mol. The van der Waals surface area contributed by atoms with Gasteiger partial charge in [0, 0.05) is 0 Å². The smallest absolute Gasteiger partial charge is 0.0109 e. The molecule has 0 saturated carbocycles. The maximum absolute atomic E-state index is 2.42. The summed E-state index contributed by atoms with van der Waals surface area (Å²) in [7, 11) is 0. The predicted molar refractivity (Wildman–Crippen MR) is 69.0 cm³/mol. The molecule has 0 aromatic carbocycles. The molecule has 0 radical (unpaired) electrons. The minimum absolute atomic E-state index is 0.450. The van der Waals surface area contributed by atoms with Crippen LogP contribution in [0.3, 0.4) is 0 Å². The molecule has 0 aromatic heterocycles. The van der Waals surface area contributed by atoms with Crippen LogP contribution in [0.5, 0.6) is 0 Å². The van der Waals surface area contributed by atoms with E-state index in [1.54, 1.807) is 0 Å². The van der Waals surface area contributed by atoms with Crippen LogP contribution in [-0.2, 0) is 0 Å². The largest absolute Gasteiger partial charge is 0.0808 e. The fourth-order valence-corrected chi connectivity index (χ4v) is 2.18. The van der Waals surface area contributed by atoms with E-state index < -0.39 is 0 Å². The van der Waals surface area contributed by atoms with E-state index >= 15 is 0 Å². The number of hydrogen-bond acceptors (Lipinski definition) is 0. The molecule has 1 aliphatic carbocycles. The van der Waals surface area contributed by atoms with E-state index in [0.29, 0.717) is 5.41 Å². The molecule has 1 atom stereocenters. The minimum Gasteiger partial charge on any atom is -0.0808 e. The molecule has 1 aliphatic rings. The molecule has 86 valence electrons. The molecule has 0 amide bonds. The molecule has 0 bridgehead atoms. The van der Waals surface area contributed by atoms with Crippen LogP contribution in [0.2, 0.25) is 0 Å². The van der Waals surface area contributed by atoms with Crippen LogP contribution in [-0.4, -0.2) is 0 Å². The molecule has 0 N–H and O–H groups in total. The normalized spacial score (nSPS) is 25.4. The summed E-state index contributed by atoms with van der Waals surface area (Å²) in [5.74, 6) is 0. The van der Waals surface area contributed by atoms with Gasteiger partial charge in [-0.05, 0) is 25.2 Å². The zero-order valence-electron chi connectivity index (χ0n) is 10.7. The van der Waals surface area contributed by atoms with Crippen LogP contribution in [0, 0.1) is 5.41 Å². The Labute approximate surface area is 95.5 Å². The SMILES string of the molecule is CCCCCCCC1(C)C=CC(C)=CC1. The van der Waals surface area contributed by atoms with E-state index in [1.165, 1.54) is 50.5 Å². The van der Waals surface area contributed by atoms with Crippen molar-refractivity contribution in [3.05, 3.63) is 23.8 Å². The summed E-state index contributed by atoms with van der Waals surface area (Å²) in [6, 6.07) is 0. The van der Waals surface area contributed by atoms with Gasteiger partial charge >= 0.3 is 0 Å². The third-order valence-corrected chi connectivity index (χ3v) is 3.49. The van der Waals surface area contributed by atoms with Gasteiger partial charge in [-0.1, -0.05) is 69.8 Å². The van der Waals surface area contributed by atoms with Crippen molar-refractivity contribution in [2.45, 2.75) is 65.7 Å². The first-order valence-corrected chi connectivity index (χ1v) is 6.52. The van der Waals surface area contributed by atoms with Crippen LogP contribution >= 0.6 is 0 Å². The van der Waals surface area contributed by atoms with Gasteiger partial charge in [0.15, 0.2) is 0 Å². The van der Waals surface area contributed by atoms with Gasteiger partial charge in [0.1, 0.15) is 0 Å². The second-order valence-corrected chi connectivity index (χ2v) is 5.30. The average Bonchev–Trinajstić information content (AvgIpc) is 2.23. The molecule has 0 heteroatoms. The van der Waals surface area contributed by atoms with Crippen molar-refractivity contribution in [1.82, 2.24) is 0 Å². The van der Waals surface area contributed by atoms with Gasteiger partial charge in [-0.3, -0.25) is 0 Å². The first kappa shape index (κ1) is 12.5. The van der Waals surface area contributed by atoms with Gasteiger partial charge in [0.05, 0.1) is 0 Å². The number of unbranched alkanes of at least 4 members (excludes halogenated alkanes) is 4. The van der Waals surface area contributed by atoms with Crippen LogP contribution in [0.25, 0.3) is 0 Å². The van der Waals surface area contributed by atoms with Crippen molar-refractivity contribution in [3.63, 3.8) is 0 Å². The topological polar surface area (TPSA) is 0 Å². The van der Waals surface area contributed by atoms with Crippen molar-refractivity contribution < 1.29 is 0 Å². The molecule has 0 saturated heterocycles. The maximum Gasteiger partial charge on any atom is -0.0109 e. The lowest BCUT2D eigenvalue weighted by atomic mass is 9.78. The van der Waals surface area contributed by atoms with Crippen molar-refractivity contribution in [1.29, 1.82) is 0 Å². The van der Waals surface area contributed by atoms with Gasteiger partial charge in [0.25, 0.3) is 0 Å². The van der Waals surface area contributed by atoms with E-state index in [1.807, 2.05) is 0 Å². The van der Waals surface area contributed by atoms with Crippen molar-refractivity contribution >= 4 is 0 Å². The van der Waals surface area contributed by atoms with Gasteiger partial charge in [0.2, 0.25) is 0 Å². The molecule has 0 spiro atoms. The van der Waals surface area contributed by atoms with Gasteiger partial charge < -0.3 is 0 Å². The van der Waals surface area contributed by atoms with Gasteiger partial charge in [-0.15, -0.1) is 0 Å². The number of allylic oxidation sites excluding steroid dienone is 4. The Morgan fingerprint density at radius 2 is 1.93 bits per heavy atom. The molecular weight excluding hydrogens is 180 g/mol. The Morgan fingerprint density at radius 3 is 2.53 bits per heavy atom. The predicted octanol–water partition coefficient (Wildman–Crippen LogP) is 5.26. The molecule has 0 fully saturated rings. The number of hydrogen-bond donors (Lipinski definition) is 0. The molecule has 0 heterocycles. The Kier molecular flexibility index (Phi) is 5.14. The summed E-state index contributed by atoms with van der Waals surface area (Å²) >= 11 is 0. The van der Waals surface area contributed by atoms with Crippen LogP contribution in [0.1, 0.15) is 65.7 Å². The highest BCUT2D eigenvalue weighted by Crippen LogP contribution is 2.34. The standard InChI is InChI=1S/C15H26/c1-4-5-6-7-8-11-15(3)12-9-14(2)10-13-15/h9-10,12H,4-8,11,13H2,1-3H3. The highest BCUT2D eigenvalue weighted by atomic mass is 14.3. The van der Waals surface area contributed by atoms with E-state index in [9.17, 15) is 0 Å². The zero-order valence-corrected chi connectivity index (χ0v) is 10.7. The molecule has 15 heavy (non-hydrogen) atoms. The fourth-order valence-electron chi connectivity index (χ4n) is 2.18. The molecule has 1 unspecified atom stereocenters. The first-order chi connectivity index (χ1) is 7.16. The molecule has 0 aromatic rings. The van der Waals surface area contributed by atoms with Crippen molar-refractivity contribution in [2.24, 2.45) is 5.41 Å². The second-order valence-electron chi connectivity index (χ2n) is 5.30. The third-order valence-electron chi connectivity index (χ3n) is 3.49. The van der Waals surface area contributed by atoms with Crippen LogP contribution < -0.4 is 0 Å². The second kappa shape index (κ2) is 6.15.